The summed E-state index contributed by atoms with van der Waals surface area (Å²) in [6, 6.07) is 5.54. The molecule has 82 valence electrons. The average Bonchev–Trinajstić information content (AvgIpc) is 2.22. The second-order valence-corrected chi connectivity index (χ2v) is 3.74. The summed E-state index contributed by atoms with van der Waals surface area (Å²) >= 11 is 0. The molecule has 2 aromatic rings. The molecule has 0 fully saturated rings. The fraction of sp³-hybridized carbons (Fsp3) is 0.167. The van der Waals surface area contributed by atoms with Crippen molar-refractivity contribution in [2.75, 3.05) is 11.1 Å². The minimum atomic E-state index is -0.0991. The normalized spacial score (nSPS) is 10.4. The highest BCUT2D eigenvalue weighted by molar-refractivity contribution is 6.04. The van der Waals surface area contributed by atoms with Crippen molar-refractivity contribution >= 4 is 28.2 Å². The molecule has 2 rings (SSSR count). The Morgan fingerprint density at radius 3 is 2.88 bits per heavy atom. The molecule has 0 radical (unpaired) electrons. The number of benzene rings is 1. The number of nitrogens with two attached hydrogens (primary N) is 1. The summed E-state index contributed by atoms with van der Waals surface area (Å²) in [6.07, 6.45) is 1.71. The summed E-state index contributed by atoms with van der Waals surface area (Å²) in [7, 11) is 0. The zero-order chi connectivity index (χ0) is 11.7. The van der Waals surface area contributed by atoms with E-state index >= 15 is 0 Å². The molecule has 3 N–H and O–H groups in total. The molecular formula is C12H13N3O. The van der Waals surface area contributed by atoms with Crippen LogP contribution in [-0.4, -0.2) is 10.9 Å². The van der Waals surface area contributed by atoms with Crippen LogP contribution >= 0.6 is 0 Å². The van der Waals surface area contributed by atoms with E-state index in [-0.39, 0.29) is 5.91 Å². The van der Waals surface area contributed by atoms with Gasteiger partial charge in [-0.05, 0) is 18.6 Å². The molecule has 0 aliphatic heterocycles. The van der Waals surface area contributed by atoms with Gasteiger partial charge >= 0.3 is 0 Å². The quantitative estimate of drug-likeness (QED) is 0.716. The maximum Gasteiger partial charge on any atom is 0.221 e. The number of aryl methyl sites for hydroxylation is 1. The van der Waals surface area contributed by atoms with Crippen LogP contribution < -0.4 is 11.1 Å². The summed E-state index contributed by atoms with van der Waals surface area (Å²) in [4.78, 5) is 15.4. The van der Waals surface area contributed by atoms with Gasteiger partial charge in [-0.3, -0.25) is 9.78 Å². The summed E-state index contributed by atoms with van der Waals surface area (Å²) in [5, 5.41) is 3.68. The molecule has 0 saturated carbocycles. The predicted octanol–water partition coefficient (Wildman–Crippen LogP) is 2.08. The fourth-order valence-corrected chi connectivity index (χ4v) is 1.69. The first-order valence-corrected chi connectivity index (χ1v) is 5.01. The van der Waals surface area contributed by atoms with Gasteiger partial charge < -0.3 is 11.1 Å². The van der Waals surface area contributed by atoms with Gasteiger partial charge in [0, 0.05) is 18.5 Å². The first kappa shape index (κ1) is 10.4. The van der Waals surface area contributed by atoms with Crippen molar-refractivity contribution in [2.45, 2.75) is 13.8 Å². The molecule has 1 aromatic heterocycles. The highest BCUT2D eigenvalue weighted by Crippen LogP contribution is 2.28. The first-order valence-electron chi connectivity index (χ1n) is 5.01. The van der Waals surface area contributed by atoms with Gasteiger partial charge in [-0.25, -0.2) is 0 Å². The fourth-order valence-electron chi connectivity index (χ4n) is 1.69. The molecule has 0 spiro atoms. The van der Waals surface area contributed by atoms with E-state index in [0.717, 1.165) is 22.2 Å². The second-order valence-electron chi connectivity index (χ2n) is 3.74. The van der Waals surface area contributed by atoms with Crippen molar-refractivity contribution < 1.29 is 4.79 Å². The third-order valence-electron chi connectivity index (χ3n) is 2.42. The van der Waals surface area contributed by atoms with E-state index in [0.29, 0.717) is 5.69 Å². The monoisotopic (exact) mass is 215 g/mol. The Bertz CT molecular complexity index is 563. The standard InChI is InChI=1S/C12H13N3O/c1-7-6-14-12-9(4-3-5-10(12)13)11(7)15-8(2)16/h3-6H,13H2,1-2H3,(H,14,15,16). The molecule has 16 heavy (non-hydrogen) atoms. The van der Waals surface area contributed by atoms with Gasteiger partial charge in [-0.15, -0.1) is 0 Å². The molecule has 0 unspecified atom stereocenters. The van der Waals surface area contributed by atoms with Gasteiger partial charge in [0.2, 0.25) is 5.91 Å². The van der Waals surface area contributed by atoms with Crippen molar-refractivity contribution in [3.63, 3.8) is 0 Å². The Hall–Kier alpha value is -2.10. The highest BCUT2D eigenvalue weighted by Gasteiger charge is 2.08. The highest BCUT2D eigenvalue weighted by atomic mass is 16.1. The van der Waals surface area contributed by atoms with E-state index in [2.05, 4.69) is 10.3 Å². The van der Waals surface area contributed by atoms with Gasteiger partial charge in [0.05, 0.1) is 16.9 Å². The number of pyridine rings is 1. The number of nitrogens with one attached hydrogen (secondary N) is 1. The number of carbonyl (C=O) groups excluding carboxylic acids is 1. The van der Waals surface area contributed by atoms with Crippen LogP contribution in [0.3, 0.4) is 0 Å². The zero-order valence-electron chi connectivity index (χ0n) is 9.24. The number of para-hydroxylation sites is 1. The van der Waals surface area contributed by atoms with Crippen LogP contribution in [0.4, 0.5) is 11.4 Å². The minimum absolute atomic E-state index is 0.0991. The van der Waals surface area contributed by atoms with E-state index in [4.69, 9.17) is 5.73 Å². The second kappa shape index (κ2) is 3.81. The summed E-state index contributed by atoms with van der Waals surface area (Å²) in [6.45, 7) is 3.39. The summed E-state index contributed by atoms with van der Waals surface area (Å²) in [5.74, 6) is -0.0991. The molecule has 0 aliphatic carbocycles. The van der Waals surface area contributed by atoms with Gasteiger partial charge in [-0.1, -0.05) is 12.1 Å². The number of nitrogen functional groups attached to an aromatic ring is 1. The predicted molar refractivity (Wildman–Crippen MR) is 65.2 cm³/mol. The molecule has 1 heterocycles. The van der Waals surface area contributed by atoms with Gasteiger partial charge in [-0.2, -0.15) is 0 Å². The molecule has 1 amide bonds. The number of anilines is 2. The lowest BCUT2D eigenvalue weighted by atomic mass is 10.1. The summed E-state index contributed by atoms with van der Waals surface area (Å²) < 4.78 is 0. The Morgan fingerprint density at radius 1 is 1.44 bits per heavy atom. The number of nitrogens with zero attached hydrogens (tertiary/aromatic N) is 1. The van der Waals surface area contributed by atoms with Crippen LogP contribution in [-0.2, 0) is 4.79 Å². The van der Waals surface area contributed by atoms with Crippen molar-refractivity contribution in [3.8, 4) is 0 Å². The van der Waals surface area contributed by atoms with Gasteiger partial charge in [0.1, 0.15) is 0 Å². The van der Waals surface area contributed by atoms with Crippen LogP contribution in [0.15, 0.2) is 24.4 Å². The lowest BCUT2D eigenvalue weighted by Crippen LogP contribution is -2.08. The van der Waals surface area contributed by atoms with E-state index in [1.54, 1.807) is 12.3 Å². The van der Waals surface area contributed by atoms with Gasteiger partial charge in [0.15, 0.2) is 0 Å². The number of carbonyl (C=O) groups is 1. The number of fused-ring (bicyclic) bond motifs is 1. The molecule has 0 atom stereocenters. The van der Waals surface area contributed by atoms with E-state index in [1.165, 1.54) is 6.92 Å². The Morgan fingerprint density at radius 2 is 2.19 bits per heavy atom. The minimum Gasteiger partial charge on any atom is -0.397 e. The zero-order valence-corrected chi connectivity index (χ0v) is 9.24. The average molecular weight is 215 g/mol. The lowest BCUT2D eigenvalue weighted by Gasteiger charge is -2.10. The van der Waals surface area contributed by atoms with Crippen molar-refractivity contribution in [3.05, 3.63) is 30.0 Å². The largest absolute Gasteiger partial charge is 0.397 e. The number of aromatic nitrogens is 1. The molecule has 1 aromatic carbocycles. The number of rotatable bonds is 1. The van der Waals surface area contributed by atoms with Crippen molar-refractivity contribution in [2.24, 2.45) is 0 Å². The Balaban J connectivity index is 2.74. The third kappa shape index (κ3) is 1.69. The Labute approximate surface area is 93.5 Å². The number of hydrogen-bond donors (Lipinski definition) is 2. The number of hydrogen-bond acceptors (Lipinski definition) is 3. The summed E-state index contributed by atoms with van der Waals surface area (Å²) in [5.41, 5.74) is 8.87. The molecule has 0 aliphatic rings. The van der Waals surface area contributed by atoms with Gasteiger partial charge in [0.25, 0.3) is 0 Å². The van der Waals surface area contributed by atoms with Crippen molar-refractivity contribution in [1.82, 2.24) is 4.98 Å². The van der Waals surface area contributed by atoms with Crippen LogP contribution in [0.1, 0.15) is 12.5 Å². The molecule has 4 heteroatoms. The third-order valence-corrected chi connectivity index (χ3v) is 2.42. The van der Waals surface area contributed by atoms with Crippen molar-refractivity contribution in [1.29, 1.82) is 0 Å². The Kier molecular flexibility index (Phi) is 2.48. The molecular weight excluding hydrogens is 202 g/mol. The topological polar surface area (TPSA) is 68.0 Å². The maximum absolute atomic E-state index is 11.1. The smallest absolute Gasteiger partial charge is 0.221 e. The van der Waals surface area contributed by atoms with Crippen LogP contribution in [0.2, 0.25) is 0 Å². The molecule has 0 bridgehead atoms. The van der Waals surface area contributed by atoms with E-state index in [9.17, 15) is 4.79 Å². The van der Waals surface area contributed by atoms with E-state index in [1.807, 2.05) is 19.1 Å². The van der Waals surface area contributed by atoms with E-state index < -0.39 is 0 Å². The van der Waals surface area contributed by atoms with Crippen LogP contribution in [0, 0.1) is 6.92 Å². The van der Waals surface area contributed by atoms with Crippen LogP contribution in [0.5, 0.6) is 0 Å². The van der Waals surface area contributed by atoms with Crippen LogP contribution in [0.25, 0.3) is 10.9 Å². The SMILES string of the molecule is CC(=O)Nc1c(C)cnc2c(N)cccc12. The lowest BCUT2D eigenvalue weighted by molar-refractivity contribution is -0.114. The first-order chi connectivity index (χ1) is 7.59. The number of amides is 1. The molecule has 4 nitrogen and oxygen atoms in total. The maximum atomic E-state index is 11.1. The molecule has 0 saturated heterocycles.